The number of hydrogen-bond donors (Lipinski definition) is 2. The van der Waals surface area contributed by atoms with Gasteiger partial charge >= 0.3 is 0 Å². The molecule has 3 N–H and O–H groups in total. The van der Waals surface area contributed by atoms with Crippen LogP contribution in [-0.2, 0) is 17.3 Å². The van der Waals surface area contributed by atoms with Crippen molar-refractivity contribution in [3.63, 3.8) is 0 Å². The van der Waals surface area contributed by atoms with Crippen LogP contribution in [0.2, 0.25) is 18.1 Å². The van der Waals surface area contributed by atoms with Crippen molar-refractivity contribution >= 4 is 20.7 Å². The minimum atomic E-state index is -1.73. The molecule has 0 spiro atoms. The van der Waals surface area contributed by atoms with Crippen LogP contribution >= 0.6 is 12.4 Å². The predicted molar refractivity (Wildman–Crippen MR) is 166 cm³/mol. The standard InChI is InChI=1S/C19H31FO2Si.C12H16FNO2.ClH/c1-8-9-21-18-12-16(11-17(20)13-18)10-15(2)14-22-23(6,7)19(3,4)5;1-2-3-16-12-6-9(4-10(13)7-12)5-11(14)8-15;/h8,11-13,15H,1,9-10,14H2,2-7H3;2,4,6-7,11,15H,1,3,5,8,14H2;1H/t15-;11-;/m00./s1. The molecule has 0 unspecified atom stereocenters. The Labute approximate surface area is 247 Å². The molecule has 0 amide bonds. The molecule has 0 aromatic heterocycles. The molecule has 226 valence electrons. The van der Waals surface area contributed by atoms with Gasteiger partial charge in [0.05, 0.1) is 6.61 Å². The highest BCUT2D eigenvalue weighted by Crippen LogP contribution is 2.37. The average Bonchev–Trinajstić information content (AvgIpc) is 2.84. The van der Waals surface area contributed by atoms with E-state index in [1.54, 1.807) is 24.3 Å². The minimum absolute atomic E-state index is 0. The van der Waals surface area contributed by atoms with Gasteiger partial charge in [0, 0.05) is 24.8 Å². The molecule has 0 aliphatic rings. The fourth-order valence-corrected chi connectivity index (χ4v) is 4.48. The van der Waals surface area contributed by atoms with Crippen molar-refractivity contribution in [2.24, 2.45) is 11.7 Å². The number of nitrogens with two attached hydrogens (primary N) is 1. The van der Waals surface area contributed by atoms with Gasteiger partial charge in [0.2, 0.25) is 0 Å². The molecule has 0 aliphatic heterocycles. The van der Waals surface area contributed by atoms with Gasteiger partial charge in [-0.25, -0.2) is 8.78 Å². The Morgan fingerprint density at radius 3 is 1.75 bits per heavy atom. The third-order valence-electron chi connectivity index (χ3n) is 6.45. The molecule has 40 heavy (non-hydrogen) atoms. The lowest BCUT2D eigenvalue weighted by Crippen LogP contribution is -2.41. The van der Waals surface area contributed by atoms with E-state index in [2.05, 4.69) is 53.9 Å². The van der Waals surface area contributed by atoms with Crippen molar-refractivity contribution in [3.05, 3.63) is 84.5 Å². The summed E-state index contributed by atoms with van der Waals surface area (Å²) >= 11 is 0. The zero-order chi connectivity index (χ0) is 29.6. The molecule has 2 aromatic rings. The molecule has 9 heteroatoms. The zero-order valence-corrected chi connectivity index (χ0v) is 26.7. The SMILES string of the molecule is C=CCOc1cc(F)cc(C[C@H](C)CO[Si](C)(C)C(C)(C)C)c1.C=CCOc1cc(F)cc(C[C@H](N)CO)c1.Cl. The molecule has 2 rings (SSSR count). The summed E-state index contributed by atoms with van der Waals surface area (Å²) in [5.41, 5.74) is 7.22. The number of aliphatic hydroxyl groups excluding tert-OH is 1. The highest BCUT2D eigenvalue weighted by molar-refractivity contribution is 6.74. The summed E-state index contributed by atoms with van der Waals surface area (Å²) in [7, 11) is -1.73. The highest BCUT2D eigenvalue weighted by Gasteiger charge is 2.37. The first kappa shape index (κ1) is 37.8. The van der Waals surface area contributed by atoms with Gasteiger partial charge in [-0.3, -0.25) is 0 Å². The largest absolute Gasteiger partial charge is 0.489 e. The number of ether oxygens (including phenoxy) is 2. The predicted octanol–water partition coefficient (Wildman–Crippen LogP) is 7.27. The quantitative estimate of drug-likeness (QED) is 0.176. The molecule has 2 atom stereocenters. The molecule has 5 nitrogen and oxygen atoms in total. The fourth-order valence-electron chi connectivity index (χ4n) is 3.35. The van der Waals surface area contributed by atoms with Crippen LogP contribution in [0.15, 0.2) is 61.7 Å². The first-order valence-electron chi connectivity index (χ1n) is 13.3. The van der Waals surface area contributed by atoms with Crippen molar-refractivity contribution in [2.75, 3.05) is 26.4 Å². The van der Waals surface area contributed by atoms with E-state index in [9.17, 15) is 8.78 Å². The number of hydrogen-bond acceptors (Lipinski definition) is 5. The van der Waals surface area contributed by atoms with Crippen LogP contribution in [0.25, 0.3) is 0 Å². The monoisotopic (exact) mass is 599 g/mol. The van der Waals surface area contributed by atoms with Crippen LogP contribution in [0, 0.1) is 17.6 Å². The second-order valence-corrected chi connectivity index (χ2v) is 16.1. The van der Waals surface area contributed by atoms with E-state index < -0.39 is 8.32 Å². The maximum Gasteiger partial charge on any atom is 0.191 e. The Hall–Kier alpha value is -2.23. The smallest absolute Gasteiger partial charge is 0.191 e. The molecule has 0 aliphatic carbocycles. The van der Waals surface area contributed by atoms with Gasteiger partial charge in [0.15, 0.2) is 8.32 Å². The van der Waals surface area contributed by atoms with E-state index in [-0.39, 0.29) is 41.7 Å². The number of rotatable bonds is 14. The summed E-state index contributed by atoms with van der Waals surface area (Å²) in [5.74, 6) is 0.691. The molecule has 2 aromatic carbocycles. The maximum absolute atomic E-state index is 13.7. The fraction of sp³-hybridized carbons (Fsp3) is 0.484. The molecule has 0 saturated carbocycles. The third-order valence-corrected chi connectivity index (χ3v) is 11.0. The van der Waals surface area contributed by atoms with Gasteiger partial charge in [-0.1, -0.05) is 53.0 Å². The van der Waals surface area contributed by atoms with Gasteiger partial charge in [-0.2, -0.15) is 0 Å². The van der Waals surface area contributed by atoms with Crippen LogP contribution in [0.4, 0.5) is 8.78 Å². The van der Waals surface area contributed by atoms with Crippen LogP contribution in [-0.4, -0.2) is 45.9 Å². The van der Waals surface area contributed by atoms with Crippen molar-refractivity contribution in [3.8, 4) is 11.5 Å². The first-order chi connectivity index (χ1) is 18.2. The zero-order valence-electron chi connectivity index (χ0n) is 24.8. The van der Waals surface area contributed by atoms with Gasteiger partial charge < -0.3 is 24.7 Å². The molecule has 0 heterocycles. The van der Waals surface area contributed by atoms with Crippen LogP contribution in [0.3, 0.4) is 0 Å². The molecule has 0 radical (unpaired) electrons. The lowest BCUT2D eigenvalue weighted by Gasteiger charge is -2.37. The van der Waals surface area contributed by atoms with Gasteiger partial charge in [0.1, 0.15) is 36.3 Å². The van der Waals surface area contributed by atoms with E-state index in [0.29, 0.717) is 49.2 Å². The lowest BCUT2D eigenvalue weighted by atomic mass is 10.0. The molecule has 0 fully saturated rings. The van der Waals surface area contributed by atoms with Crippen molar-refractivity contribution in [2.45, 2.75) is 64.7 Å². The van der Waals surface area contributed by atoms with Crippen molar-refractivity contribution < 1.29 is 27.8 Å². The summed E-state index contributed by atoms with van der Waals surface area (Å²) in [6, 6.07) is 8.90. The Bertz CT molecular complexity index is 1050. The van der Waals surface area contributed by atoms with Gasteiger partial charge in [-0.15, -0.1) is 12.4 Å². The summed E-state index contributed by atoms with van der Waals surface area (Å²) < 4.78 is 43.8. The topological polar surface area (TPSA) is 73.9 Å². The summed E-state index contributed by atoms with van der Waals surface area (Å²) in [4.78, 5) is 0. The summed E-state index contributed by atoms with van der Waals surface area (Å²) in [6.45, 7) is 21.8. The minimum Gasteiger partial charge on any atom is -0.489 e. The molecular weight excluding hydrogens is 552 g/mol. The van der Waals surface area contributed by atoms with Crippen molar-refractivity contribution in [1.29, 1.82) is 0 Å². The van der Waals surface area contributed by atoms with Crippen LogP contribution in [0.1, 0.15) is 38.8 Å². The molecule has 0 saturated heterocycles. The van der Waals surface area contributed by atoms with E-state index >= 15 is 0 Å². The number of benzene rings is 2. The van der Waals surface area contributed by atoms with E-state index in [0.717, 1.165) is 12.0 Å². The number of aliphatic hydroxyl groups is 1. The Morgan fingerprint density at radius 2 is 1.35 bits per heavy atom. The second-order valence-electron chi connectivity index (χ2n) is 11.3. The number of halogens is 3. The lowest BCUT2D eigenvalue weighted by molar-refractivity contribution is 0.237. The molecular formula is C31H48ClF2NO4Si. The Balaban J connectivity index is 0.000000788. The van der Waals surface area contributed by atoms with E-state index in [1.165, 1.54) is 18.2 Å². The normalized spacial score (nSPS) is 12.8. The summed E-state index contributed by atoms with van der Waals surface area (Å²) in [5, 5.41) is 9.02. The van der Waals surface area contributed by atoms with Crippen LogP contribution < -0.4 is 15.2 Å². The maximum atomic E-state index is 13.7. The third kappa shape index (κ3) is 14.4. The van der Waals surface area contributed by atoms with Gasteiger partial charge in [-0.05, 0) is 72.3 Å². The summed E-state index contributed by atoms with van der Waals surface area (Å²) in [6.07, 6.45) is 4.43. The van der Waals surface area contributed by atoms with Crippen molar-refractivity contribution in [1.82, 2.24) is 0 Å². The van der Waals surface area contributed by atoms with Gasteiger partial charge in [0.25, 0.3) is 0 Å². The van der Waals surface area contributed by atoms with E-state index in [1.807, 2.05) is 6.07 Å². The average molecular weight is 600 g/mol. The van der Waals surface area contributed by atoms with Crippen LogP contribution in [0.5, 0.6) is 11.5 Å². The highest BCUT2D eigenvalue weighted by atomic mass is 35.5. The molecule has 0 bridgehead atoms. The first-order valence-corrected chi connectivity index (χ1v) is 16.2. The Kier molecular flexibility index (Phi) is 17.2. The Morgan fingerprint density at radius 1 is 0.900 bits per heavy atom. The second kappa shape index (κ2) is 18.2. The van der Waals surface area contributed by atoms with E-state index in [4.69, 9.17) is 24.7 Å².